The summed E-state index contributed by atoms with van der Waals surface area (Å²) in [6.45, 7) is 2.86. The van der Waals surface area contributed by atoms with Gasteiger partial charge >= 0.3 is 0 Å². The molecule has 154 valence electrons. The minimum absolute atomic E-state index is 0.595. The van der Waals surface area contributed by atoms with Crippen LogP contribution in [-0.2, 0) is 0 Å². The number of azo groups is 2. The van der Waals surface area contributed by atoms with Crippen molar-refractivity contribution in [3.05, 3.63) is 60.2 Å². The molecule has 0 bridgehead atoms. The highest BCUT2D eigenvalue weighted by Gasteiger charge is 2.08. The minimum Gasteiger partial charge on any atom is -0.494 e. The molecule has 0 spiro atoms. The number of thiophene rings is 1. The fourth-order valence-corrected chi connectivity index (χ4v) is 4.41. The van der Waals surface area contributed by atoms with Gasteiger partial charge in [0.25, 0.3) is 0 Å². The lowest BCUT2D eigenvalue weighted by Gasteiger charge is -2.04. The van der Waals surface area contributed by atoms with E-state index in [1.54, 1.807) is 24.3 Å². The summed E-state index contributed by atoms with van der Waals surface area (Å²) in [6, 6.07) is 18.5. The van der Waals surface area contributed by atoms with Crippen molar-refractivity contribution in [2.24, 2.45) is 20.5 Å². The Labute approximate surface area is 187 Å². The molecule has 0 fully saturated rings. The number of unbranched alkanes of at least 4 members (excludes halogenated alkanes) is 1. The van der Waals surface area contributed by atoms with Gasteiger partial charge in [-0.25, -0.2) is 4.98 Å². The molecule has 0 aliphatic rings. The maximum atomic E-state index is 8.84. The number of benzene rings is 2. The van der Waals surface area contributed by atoms with Gasteiger partial charge in [0, 0.05) is 0 Å². The van der Waals surface area contributed by atoms with Gasteiger partial charge in [0.1, 0.15) is 15.6 Å². The van der Waals surface area contributed by atoms with Crippen LogP contribution in [-0.4, -0.2) is 11.6 Å². The Morgan fingerprint density at radius 2 is 1.65 bits per heavy atom. The van der Waals surface area contributed by atoms with Crippen LogP contribution in [0.4, 0.5) is 21.5 Å². The molecule has 2 heterocycles. The molecule has 0 saturated heterocycles. The molecule has 0 aliphatic heterocycles. The smallest absolute Gasteiger partial charge is 0.231 e. The fraction of sp³-hybridized carbons (Fsp3) is 0.182. The molecule has 7 nitrogen and oxygen atoms in total. The Kier molecular flexibility index (Phi) is 6.72. The van der Waals surface area contributed by atoms with Crippen LogP contribution in [0.5, 0.6) is 5.75 Å². The highest BCUT2D eigenvalue weighted by molar-refractivity contribution is 7.30. The summed E-state index contributed by atoms with van der Waals surface area (Å²) in [5.74, 6) is 0.838. The third-order valence-electron chi connectivity index (χ3n) is 4.18. The number of hydrogen-bond donors (Lipinski definition) is 0. The van der Waals surface area contributed by atoms with Gasteiger partial charge in [-0.15, -0.1) is 20.5 Å². The number of aromatic nitrogens is 1. The molecule has 2 aromatic carbocycles. The number of rotatable bonds is 8. The highest BCUT2D eigenvalue weighted by atomic mass is 32.1. The molecule has 0 atom stereocenters. The predicted octanol–water partition coefficient (Wildman–Crippen LogP) is 8.24. The van der Waals surface area contributed by atoms with Gasteiger partial charge in [-0.3, -0.25) is 0 Å². The first kappa shape index (κ1) is 20.8. The van der Waals surface area contributed by atoms with Gasteiger partial charge in [0.2, 0.25) is 5.13 Å². The summed E-state index contributed by atoms with van der Waals surface area (Å²) >= 11 is 2.90. The second-order valence-electron chi connectivity index (χ2n) is 6.51. The molecule has 0 saturated carbocycles. The van der Waals surface area contributed by atoms with Gasteiger partial charge in [-0.05, 0) is 61.0 Å². The Hall–Kier alpha value is -3.48. The average molecular weight is 447 g/mol. The first-order valence-corrected chi connectivity index (χ1v) is 11.3. The Morgan fingerprint density at radius 1 is 0.935 bits per heavy atom. The zero-order valence-electron chi connectivity index (χ0n) is 16.7. The summed E-state index contributed by atoms with van der Waals surface area (Å²) in [5.41, 5.74) is 2.04. The van der Waals surface area contributed by atoms with Crippen LogP contribution in [0.1, 0.15) is 25.3 Å². The summed E-state index contributed by atoms with van der Waals surface area (Å²) in [7, 11) is 0. The number of hydrogen-bond acceptors (Lipinski definition) is 9. The third-order valence-corrected chi connectivity index (χ3v) is 6.11. The van der Waals surface area contributed by atoms with Gasteiger partial charge in [-0.2, -0.15) is 5.26 Å². The van der Waals surface area contributed by atoms with E-state index >= 15 is 0 Å². The molecule has 4 rings (SSSR count). The standard InChI is InChI=1S/C22H18N6OS2/c1-2-3-12-29-18-10-8-17(9-11-18)26-28-22-24-21-19(30-22)13-20(31-21)27-25-16-6-4-15(14-23)5-7-16/h4-11,13H,2-3,12H2,1H3. The number of nitrogens with zero attached hydrogens (tertiary/aromatic N) is 6. The van der Waals surface area contributed by atoms with Gasteiger partial charge in [-0.1, -0.05) is 36.0 Å². The van der Waals surface area contributed by atoms with Crippen molar-refractivity contribution in [3.63, 3.8) is 0 Å². The molecular formula is C22H18N6OS2. The molecule has 4 aromatic rings. The number of nitriles is 1. The lowest BCUT2D eigenvalue weighted by atomic mass is 10.2. The highest BCUT2D eigenvalue weighted by Crippen LogP contribution is 2.39. The van der Waals surface area contributed by atoms with Crippen molar-refractivity contribution in [2.45, 2.75) is 19.8 Å². The van der Waals surface area contributed by atoms with Crippen molar-refractivity contribution in [3.8, 4) is 11.8 Å². The van der Waals surface area contributed by atoms with E-state index in [9.17, 15) is 0 Å². The number of fused-ring (bicyclic) bond motifs is 1. The average Bonchev–Trinajstić information content (AvgIpc) is 3.36. The van der Waals surface area contributed by atoms with E-state index in [1.165, 1.54) is 22.7 Å². The monoisotopic (exact) mass is 446 g/mol. The van der Waals surface area contributed by atoms with E-state index in [4.69, 9.17) is 10.00 Å². The van der Waals surface area contributed by atoms with Gasteiger partial charge in [0.15, 0.2) is 0 Å². The molecular weight excluding hydrogens is 428 g/mol. The first-order valence-electron chi connectivity index (χ1n) is 9.70. The van der Waals surface area contributed by atoms with Crippen LogP contribution >= 0.6 is 22.7 Å². The lowest BCUT2D eigenvalue weighted by Crippen LogP contribution is -1.95. The number of ether oxygens (including phenoxy) is 1. The van der Waals surface area contributed by atoms with Crippen molar-refractivity contribution in [1.29, 1.82) is 5.26 Å². The molecule has 2 aromatic heterocycles. The van der Waals surface area contributed by atoms with Gasteiger partial charge in [0.05, 0.1) is 34.3 Å². The largest absolute Gasteiger partial charge is 0.494 e. The topological polar surface area (TPSA) is 95.3 Å². The Bertz CT molecular complexity index is 1220. The lowest BCUT2D eigenvalue weighted by molar-refractivity contribution is 0.309. The van der Waals surface area contributed by atoms with Crippen LogP contribution in [0.15, 0.2) is 75.1 Å². The number of thiazole rings is 1. The molecule has 0 aliphatic carbocycles. The molecule has 0 radical (unpaired) electrons. The Balaban J connectivity index is 1.39. The molecule has 0 amide bonds. The maximum absolute atomic E-state index is 8.84. The van der Waals surface area contributed by atoms with Crippen molar-refractivity contribution < 1.29 is 4.74 Å². The summed E-state index contributed by atoms with van der Waals surface area (Å²) in [5, 5.41) is 27.2. The minimum atomic E-state index is 0.595. The summed E-state index contributed by atoms with van der Waals surface area (Å²) in [4.78, 5) is 5.36. The second-order valence-corrected chi connectivity index (χ2v) is 8.52. The van der Waals surface area contributed by atoms with Crippen LogP contribution in [0, 0.1) is 11.3 Å². The maximum Gasteiger partial charge on any atom is 0.231 e. The Morgan fingerprint density at radius 3 is 2.32 bits per heavy atom. The predicted molar refractivity (Wildman–Crippen MR) is 124 cm³/mol. The van der Waals surface area contributed by atoms with E-state index < -0.39 is 0 Å². The first-order chi connectivity index (χ1) is 15.2. The van der Waals surface area contributed by atoms with E-state index in [-0.39, 0.29) is 0 Å². The van der Waals surface area contributed by atoms with Crippen LogP contribution in [0.3, 0.4) is 0 Å². The van der Waals surface area contributed by atoms with E-state index in [0.717, 1.165) is 45.4 Å². The van der Waals surface area contributed by atoms with Crippen LogP contribution in [0.25, 0.3) is 9.53 Å². The van der Waals surface area contributed by atoms with E-state index in [1.807, 2.05) is 30.3 Å². The normalized spacial score (nSPS) is 11.5. The summed E-state index contributed by atoms with van der Waals surface area (Å²) < 4.78 is 6.65. The zero-order chi connectivity index (χ0) is 21.5. The quantitative estimate of drug-likeness (QED) is 0.201. The van der Waals surface area contributed by atoms with Crippen LogP contribution < -0.4 is 4.74 Å². The molecule has 0 unspecified atom stereocenters. The second kappa shape index (κ2) is 10.0. The van der Waals surface area contributed by atoms with Crippen LogP contribution in [0.2, 0.25) is 0 Å². The van der Waals surface area contributed by atoms with Gasteiger partial charge < -0.3 is 4.74 Å². The molecule has 0 N–H and O–H groups in total. The molecule has 31 heavy (non-hydrogen) atoms. The third kappa shape index (κ3) is 5.57. The fourth-order valence-electron chi connectivity index (χ4n) is 2.56. The van der Waals surface area contributed by atoms with Crippen molar-refractivity contribution >= 4 is 53.7 Å². The van der Waals surface area contributed by atoms with Crippen molar-refractivity contribution in [1.82, 2.24) is 4.98 Å². The SMILES string of the molecule is CCCCOc1ccc(N=Nc2nc3sc(N=Nc4ccc(C#N)cc4)cc3s2)cc1. The summed E-state index contributed by atoms with van der Waals surface area (Å²) in [6.07, 6.45) is 2.15. The van der Waals surface area contributed by atoms with E-state index in [0.29, 0.717) is 16.4 Å². The molecule has 9 heteroatoms. The van der Waals surface area contributed by atoms with E-state index in [2.05, 4.69) is 38.4 Å². The zero-order valence-corrected chi connectivity index (χ0v) is 18.4. The van der Waals surface area contributed by atoms with Crippen molar-refractivity contribution in [2.75, 3.05) is 6.61 Å².